The molecule has 5 nitrogen and oxygen atoms in total. The van der Waals surface area contributed by atoms with E-state index in [9.17, 15) is 0 Å². The van der Waals surface area contributed by atoms with Crippen molar-refractivity contribution in [3.05, 3.63) is 12.3 Å². The summed E-state index contributed by atoms with van der Waals surface area (Å²) in [6.07, 6.45) is 2.76. The number of rotatable bonds is 6. The van der Waals surface area contributed by atoms with E-state index >= 15 is 0 Å². The van der Waals surface area contributed by atoms with E-state index < -0.39 is 0 Å². The van der Waals surface area contributed by atoms with Crippen LogP contribution in [0.15, 0.2) is 12.3 Å². The van der Waals surface area contributed by atoms with Gasteiger partial charge in [-0.25, -0.2) is 4.98 Å². The molecule has 0 aromatic carbocycles. The average molecular weight is 236 g/mol. The Balaban J connectivity index is 2.07. The third-order valence-electron chi connectivity index (χ3n) is 2.87. The molecular formula is C12H20N4O. The molecule has 0 aliphatic carbocycles. The molecule has 0 radical (unpaired) electrons. The lowest BCUT2D eigenvalue weighted by atomic mass is 10.1. The van der Waals surface area contributed by atoms with E-state index in [4.69, 9.17) is 4.74 Å². The molecule has 5 heteroatoms. The molecular weight excluding hydrogens is 216 g/mol. The topological polar surface area (TPSA) is 50.3 Å². The van der Waals surface area contributed by atoms with Crippen LogP contribution in [0.25, 0.3) is 0 Å². The molecule has 1 saturated heterocycles. The van der Waals surface area contributed by atoms with E-state index in [1.807, 2.05) is 6.07 Å². The number of nitrogens with zero attached hydrogens (tertiary/aromatic N) is 3. The van der Waals surface area contributed by atoms with Crippen LogP contribution in [-0.4, -0.2) is 42.3 Å². The van der Waals surface area contributed by atoms with Crippen LogP contribution >= 0.6 is 0 Å². The normalized spacial score (nSPS) is 15.4. The first-order chi connectivity index (χ1) is 8.35. The third kappa shape index (κ3) is 2.85. The molecule has 2 heterocycles. The van der Waals surface area contributed by atoms with Crippen LogP contribution in [0.3, 0.4) is 0 Å². The highest BCUT2D eigenvalue weighted by Gasteiger charge is 2.25. The van der Waals surface area contributed by atoms with E-state index in [0.717, 1.165) is 32.0 Å². The number of aromatic nitrogens is 2. The van der Waals surface area contributed by atoms with Crippen molar-refractivity contribution >= 4 is 5.95 Å². The number of anilines is 1. The monoisotopic (exact) mass is 236 g/mol. The number of likely N-dealkylation sites (N-methyl/N-ethyl adjacent to an activating group) is 1. The van der Waals surface area contributed by atoms with Gasteiger partial charge in [-0.2, -0.15) is 4.98 Å². The smallest absolute Gasteiger partial charge is 0.228 e. The molecule has 1 N–H and O–H groups in total. The van der Waals surface area contributed by atoms with E-state index in [1.54, 1.807) is 6.20 Å². The highest BCUT2D eigenvalue weighted by molar-refractivity contribution is 5.34. The van der Waals surface area contributed by atoms with Crippen LogP contribution < -0.4 is 15.0 Å². The first-order valence-electron chi connectivity index (χ1n) is 6.28. The van der Waals surface area contributed by atoms with Crippen LogP contribution in [0, 0.1) is 0 Å². The lowest BCUT2D eigenvalue weighted by Gasteiger charge is -2.37. The molecule has 17 heavy (non-hydrogen) atoms. The Labute approximate surface area is 102 Å². The van der Waals surface area contributed by atoms with Crippen molar-refractivity contribution < 1.29 is 4.74 Å². The van der Waals surface area contributed by atoms with Crippen molar-refractivity contribution in [1.29, 1.82) is 0 Å². The summed E-state index contributed by atoms with van der Waals surface area (Å²) in [6.45, 7) is 7.85. The average Bonchev–Trinajstić information content (AvgIpc) is 2.31. The molecule has 0 amide bonds. The summed E-state index contributed by atoms with van der Waals surface area (Å²) in [5.74, 6) is 1.44. The molecule has 94 valence electrons. The van der Waals surface area contributed by atoms with Crippen LogP contribution in [0.1, 0.15) is 20.3 Å². The van der Waals surface area contributed by atoms with Crippen LogP contribution in [0.4, 0.5) is 5.95 Å². The van der Waals surface area contributed by atoms with Gasteiger partial charge in [0.25, 0.3) is 0 Å². The Bertz CT molecular complexity index is 354. The fraction of sp³-hybridized carbons (Fsp3) is 0.667. The van der Waals surface area contributed by atoms with Crippen molar-refractivity contribution in [2.45, 2.75) is 26.3 Å². The Kier molecular flexibility index (Phi) is 4.14. The van der Waals surface area contributed by atoms with Gasteiger partial charge in [0.05, 0.1) is 12.6 Å². The maximum Gasteiger partial charge on any atom is 0.228 e. The van der Waals surface area contributed by atoms with E-state index in [-0.39, 0.29) is 0 Å². The molecule has 0 bridgehead atoms. The molecule has 1 aromatic heterocycles. The fourth-order valence-electron chi connectivity index (χ4n) is 1.81. The van der Waals surface area contributed by atoms with Gasteiger partial charge in [0, 0.05) is 31.9 Å². The van der Waals surface area contributed by atoms with Crippen LogP contribution in [0.5, 0.6) is 5.88 Å². The first-order valence-corrected chi connectivity index (χ1v) is 6.28. The zero-order chi connectivity index (χ0) is 12.1. The fourth-order valence-corrected chi connectivity index (χ4v) is 1.81. The van der Waals surface area contributed by atoms with Crippen molar-refractivity contribution in [2.75, 3.05) is 31.1 Å². The molecule has 0 atom stereocenters. The summed E-state index contributed by atoms with van der Waals surface area (Å²) >= 11 is 0. The van der Waals surface area contributed by atoms with Crippen molar-refractivity contribution in [1.82, 2.24) is 15.3 Å². The second-order valence-corrected chi connectivity index (χ2v) is 4.14. The maximum atomic E-state index is 5.53. The maximum absolute atomic E-state index is 5.53. The van der Waals surface area contributed by atoms with E-state index in [1.165, 1.54) is 0 Å². The zero-order valence-electron chi connectivity index (χ0n) is 10.5. The van der Waals surface area contributed by atoms with Gasteiger partial charge in [0.2, 0.25) is 11.8 Å². The molecule has 0 unspecified atom stereocenters. The summed E-state index contributed by atoms with van der Waals surface area (Å²) in [4.78, 5) is 11.0. The van der Waals surface area contributed by atoms with Crippen LogP contribution in [0.2, 0.25) is 0 Å². The van der Waals surface area contributed by atoms with Crippen molar-refractivity contribution in [3.8, 4) is 5.88 Å². The minimum absolute atomic E-state index is 0.515. The molecule has 0 spiro atoms. The van der Waals surface area contributed by atoms with Gasteiger partial charge in [-0.05, 0) is 13.3 Å². The second kappa shape index (κ2) is 5.82. The van der Waals surface area contributed by atoms with Gasteiger partial charge in [0.1, 0.15) is 0 Å². The van der Waals surface area contributed by atoms with Crippen LogP contribution in [-0.2, 0) is 0 Å². The standard InChI is InChI=1S/C12H20N4O/c1-3-7-17-11-5-6-14-12(15-11)16(4-2)10-8-13-9-10/h5-6,10,13H,3-4,7-9H2,1-2H3. The van der Waals surface area contributed by atoms with E-state index in [2.05, 4.69) is 34.0 Å². The largest absolute Gasteiger partial charge is 0.478 e. The lowest BCUT2D eigenvalue weighted by molar-refractivity contribution is 0.304. The Hall–Kier alpha value is -1.36. The first kappa shape index (κ1) is 12.1. The summed E-state index contributed by atoms with van der Waals surface area (Å²) in [7, 11) is 0. The van der Waals surface area contributed by atoms with Crippen molar-refractivity contribution in [2.24, 2.45) is 0 Å². The van der Waals surface area contributed by atoms with E-state index in [0.29, 0.717) is 18.5 Å². The van der Waals surface area contributed by atoms with Gasteiger partial charge < -0.3 is 15.0 Å². The summed E-state index contributed by atoms with van der Waals surface area (Å²) in [5, 5.41) is 3.27. The van der Waals surface area contributed by atoms with Gasteiger partial charge in [0.15, 0.2) is 0 Å². The lowest BCUT2D eigenvalue weighted by Crippen LogP contribution is -2.57. The predicted octanol–water partition coefficient (Wildman–Crippen LogP) is 1.06. The molecule has 2 rings (SSSR count). The Morgan fingerprint density at radius 2 is 2.29 bits per heavy atom. The molecule has 1 aliphatic rings. The Morgan fingerprint density at radius 1 is 1.47 bits per heavy atom. The van der Waals surface area contributed by atoms with Gasteiger partial charge in [-0.15, -0.1) is 0 Å². The second-order valence-electron chi connectivity index (χ2n) is 4.14. The van der Waals surface area contributed by atoms with Gasteiger partial charge >= 0.3 is 0 Å². The summed E-state index contributed by atoms with van der Waals surface area (Å²) < 4.78 is 5.53. The zero-order valence-corrected chi connectivity index (χ0v) is 10.5. The number of hydrogen-bond acceptors (Lipinski definition) is 5. The highest BCUT2D eigenvalue weighted by atomic mass is 16.5. The molecule has 0 saturated carbocycles. The number of ether oxygens (including phenoxy) is 1. The molecule has 1 fully saturated rings. The third-order valence-corrected chi connectivity index (χ3v) is 2.87. The number of nitrogens with one attached hydrogen (secondary N) is 1. The molecule has 1 aliphatic heterocycles. The van der Waals surface area contributed by atoms with Crippen molar-refractivity contribution in [3.63, 3.8) is 0 Å². The minimum Gasteiger partial charge on any atom is -0.478 e. The van der Waals surface area contributed by atoms with Gasteiger partial charge in [-0.1, -0.05) is 6.92 Å². The highest BCUT2D eigenvalue weighted by Crippen LogP contribution is 2.16. The summed E-state index contributed by atoms with van der Waals surface area (Å²) in [6, 6.07) is 2.33. The quantitative estimate of drug-likeness (QED) is 0.800. The predicted molar refractivity (Wildman–Crippen MR) is 67.5 cm³/mol. The Morgan fingerprint density at radius 3 is 2.88 bits per heavy atom. The minimum atomic E-state index is 0.515. The number of hydrogen-bond donors (Lipinski definition) is 1. The van der Waals surface area contributed by atoms with Gasteiger partial charge in [-0.3, -0.25) is 0 Å². The molecule has 1 aromatic rings. The summed E-state index contributed by atoms with van der Waals surface area (Å²) in [5.41, 5.74) is 0. The SMILES string of the molecule is CCCOc1ccnc(N(CC)C2CNC2)n1.